The smallest absolute Gasteiger partial charge is 0.222 e. The third-order valence-corrected chi connectivity index (χ3v) is 4.61. The average Bonchev–Trinajstić information content (AvgIpc) is 2.96. The van der Waals surface area contributed by atoms with Gasteiger partial charge in [-0.15, -0.1) is 0 Å². The number of hydrogen-bond donors (Lipinski definition) is 4. The highest BCUT2D eigenvalue weighted by molar-refractivity contribution is 6.08. The van der Waals surface area contributed by atoms with Crippen LogP contribution in [-0.2, 0) is 11.3 Å². The molecule has 29 heavy (non-hydrogen) atoms. The lowest BCUT2D eigenvalue weighted by Crippen LogP contribution is -2.32. The zero-order chi connectivity index (χ0) is 20.5. The quantitative estimate of drug-likeness (QED) is 0.505. The number of anilines is 3. The summed E-state index contributed by atoms with van der Waals surface area (Å²) in [5.41, 5.74) is 3.50. The molecule has 0 radical (unpaired) electrons. The van der Waals surface area contributed by atoms with E-state index in [1.807, 2.05) is 0 Å². The molecule has 3 aromatic rings. The van der Waals surface area contributed by atoms with Gasteiger partial charge >= 0.3 is 0 Å². The van der Waals surface area contributed by atoms with E-state index in [4.69, 9.17) is 5.84 Å². The third-order valence-electron chi connectivity index (χ3n) is 4.61. The fourth-order valence-electron chi connectivity index (χ4n) is 3.40. The number of fused-ring (bicyclic) bond motifs is 1. The van der Waals surface area contributed by atoms with Crippen molar-refractivity contribution in [1.82, 2.24) is 15.0 Å². The van der Waals surface area contributed by atoms with Crippen molar-refractivity contribution in [3.05, 3.63) is 59.7 Å². The molecule has 0 fully saturated rings. The molecule has 1 amide bonds. The summed E-state index contributed by atoms with van der Waals surface area (Å²) in [5, 5.41) is 8.89. The molecular formula is C20H19FN6O2. The summed E-state index contributed by atoms with van der Waals surface area (Å²) in [6.45, 7) is 2.02. The summed E-state index contributed by atoms with van der Waals surface area (Å²) in [5.74, 6) is 6.03. The normalized spacial score (nSPS) is 13.1. The number of pyridine rings is 1. The zero-order valence-corrected chi connectivity index (χ0v) is 15.6. The minimum absolute atomic E-state index is 0.0996. The van der Waals surface area contributed by atoms with E-state index in [-0.39, 0.29) is 24.1 Å². The molecule has 5 N–H and O–H groups in total. The molecule has 0 bridgehead atoms. The number of hydrogen-bond acceptors (Lipinski definition) is 6. The molecule has 4 rings (SSSR count). The number of benzene rings is 1. The average molecular weight is 394 g/mol. The van der Waals surface area contributed by atoms with Crippen LogP contribution in [-0.4, -0.2) is 27.9 Å². The number of amides is 1. The van der Waals surface area contributed by atoms with Gasteiger partial charge in [-0.05, 0) is 36.4 Å². The Balaban J connectivity index is 1.88. The van der Waals surface area contributed by atoms with Crippen LogP contribution in [0.2, 0.25) is 0 Å². The Bertz CT molecular complexity index is 1110. The number of aromatic nitrogens is 2. The lowest BCUT2D eigenvalue weighted by molar-refractivity contribution is -0.114. The van der Waals surface area contributed by atoms with Gasteiger partial charge < -0.3 is 21.8 Å². The molecule has 148 valence electrons. The van der Waals surface area contributed by atoms with Crippen molar-refractivity contribution >= 4 is 28.9 Å². The molecule has 0 spiro atoms. The van der Waals surface area contributed by atoms with Gasteiger partial charge in [0.05, 0.1) is 29.2 Å². The topological polar surface area (TPSA) is 114 Å². The lowest BCUT2D eigenvalue weighted by Gasteiger charge is -2.14. The van der Waals surface area contributed by atoms with Gasteiger partial charge in [0, 0.05) is 30.9 Å². The summed E-state index contributed by atoms with van der Waals surface area (Å²) in [6.07, 6.45) is 1.55. The minimum Gasteiger partial charge on any atom is -0.353 e. The van der Waals surface area contributed by atoms with Crippen molar-refractivity contribution in [1.29, 1.82) is 0 Å². The largest absolute Gasteiger partial charge is 0.353 e. The van der Waals surface area contributed by atoms with E-state index in [2.05, 4.69) is 20.9 Å². The van der Waals surface area contributed by atoms with Crippen LogP contribution >= 0.6 is 0 Å². The second-order valence-electron chi connectivity index (χ2n) is 6.68. The van der Waals surface area contributed by atoms with Gasteiger partial charge in [0.25, 0.3) is 0 Å². The number of nitrogens with two attached hydrogens (primary N) is 1. The lowest BCUT2D eigenvalue weighted by atomic mass is 10.0. The monoisotopic (exact) mass is 394 g/mol. The van der Waals surface area contributed by atoms with Crippen molar-refractivity contribution in [3.8, 4) is 11.3 Å². The first-order valence-electron chi connectivity index (χ1n) is 8.97. The van der Waals surface area contributed by atoms with Crippen LogP contribution in [0.15, 0.2) is 42.6 Å². The van der Waals surface area contributed by atoms with Crippen LogP contribution in [0, 0.1) is 5.82 Å². The molecule has 1 aromatic carbocycles. The number of nitrogen functional groups attached to an aromatic ring is 1. The van der Waals surface area contributed by atoms with Gasteiger partial charge in [-0.1, -0.05) is 0 Å². The highest BCUT2D eigenvalue weighted by atomic mass is 19.1. The Morgan fingerprint density at radius 3 is 2.72 bits per heavy atom. The van der Waals surface area contributed by atoms with E-state index in [0.29, 0.717) is 46.3 Å². The van der Waals surface area contributed by atoms with Crippen molar-refractivity contribution in [2.45, 2.75) is 13.5 Å². The molecule has 0 atom stereocenters. The Morgan fingerprint density at radius 2 is 2.00 bits per heavy atom. The van der Waals surface area contributed by atoms with Crippen LogP contribution < -0.4 is 21.8 Å². The minimum atomic E-state index is -0.358. The Hall–Kier alpha value is -3.72. The molecule has 0 aliphatic carbocycles. The highest BCUT2D eigenvalue weighted by Gasteiger charge is 2.30. The first-order chi connectivity index (χ1) is 13.9. The second-order valence-corrected chi connectivity index (χ2v) is 6.68. The summed E-state index contributed by atoms with van der Waals surface area (Å²) in [6, 6.07) is 9.25. The van der Waals surface area contributed by atoms with Crippen molar-refractivity contribution in [2.75, 3.05) is 23.0 Å². The number of rotatable bonds is 4. The molecular weight excluding hydrogens is 375 g/mol. The molecule has 0 unspecified atom stereocenters. The number of nitrogens with zero attached hydrogens (tertiary/aromatic N) is 2. The molecule has 2 aromatic heterocycles. The van der Waals surface area contributed by atoms with E-state index in [0.717, 1.165) is 0 Å². The maximum Gasteiger partial charge on any atom is 0.222 e. The van der Waals surface area contributed by atoms with Gasteiger partial charge in [0.1, 0.15) is 11.6 Å². The summed E-state index contributed by atoms with van der Waals surface area (Å²) in [7, 11) is 0. The van der Waals surface area contributed by atoms with Crippen LogP contribution in [0.5, 0.6) is 0 Å². The number of carbonyl (C=O) groups excluding carboxylic acids is 2. The maximum absolute atomic E-state index is 13.3. The van der Waals surface area contributed by atoms with Gasteiger partial charge in [-0.2, -0.15) is 0 Å². The zero-order valence-electron chi connectivity index (χ0n) is 15.6. The van der Waals surface area contributed by atoms with Crippen molar-refractivity contribution < 1.29 is 14.0 Å². The van der Waals surface area contributed by atoms with E-state index < -0.39 is 0 Å². The maximum atomic E-state index is 13.3. The molecule has 0 saturated carbocycles. The standard InChI is InChI=1S/C20H19FN6O2/c1-11(28)25-17-8-12(6-7-24-17)20-19(26-14-4-2-13(21)3-5-14)18-15(27(20)22)9-23-10-16(18)29/h2-8,23,26H,9-10,22H2,1H3,(H,24,25,28). The van der Waals surface area contributed by atoms with Crippen LogP contribution in [0.1, 0.15) is 23.0 Å². The molecule has 3 heterocycles. The van der Waals surface area contributed by atoms with E-state index in [1.165, 1.54) is 23.7 Å². The SMILES string of the molecule is CC(=O)Nc1cc(-c2c(Nc3ccc(F)cc3)c3c(n2N)CNCC3=O)ccn1. The van der Waals surface area contributed by atoms with Crippen LogP contribution in [0.4, 0.5) is 21.6 Å². The number of nitrogens with one attached hydrogen (secondary N) is 3. The Labute approximate surface area is 165 Å². The predicted octanol–water partition coefficient (Wildman–Crippen LogP) is 2.39. The van der Waals surface area contributed by atoms with Gasteiger partial charge in [0.15, 0.2) is 5.78 Å². The van der Waals surface area contributed by atoms with Gasteiger partial charge in [0.2, 0.25) is 5.91 Å². The fourth-order valence-corrected chi connectivity index (χ4v) is 3.40. The Morgan fingerprint density at radius 1 is 1.24 bits per heavy atom. The first-order valence-corrected chi connectivity index (χ1v) is 8.97. The number of carbonyl (C=O) groups is 2. The Kier molecular flexibility index (Phi) is 4.73. The van der Waals surface area contributed by atoms with E-state index in [1.54, 1.807) is 30.5 Å². The summed E-state index contributed by atoms with van der Waals surface area (Å²) < 4.78 is 14.8. The summed E-state index contributed by atoms with van der Waals surface area (Å²) >= 11 is 0. The number of ketones is 1. The van der Waals surface area contributed by atoms with Crippen LogP contribution in [0.25, 0.3) is 11.3 Å². The molecule has 8 nitrogen and oxygen atoms in total. The van der Waals surface area contributed by atoms with Crippen molar-refractivity contribution in [3.63, 3.8) is 0 Å². The number of halogens is 1. The second kappa shape index (κ2) is 7.36. The van der Waals surface area contributed by atoms with Gasteiger partial charge in [-0.3, -0.25) is 14.3 Å². The van der Waals surface area contributed by atoms with E-state index >= 15 is 0 Å². The van der Waals surface area contributed by atoms with Gasteiger partial charge in [-0.25, -0.2) is 9.37 Å². The summed E-state index contributed by atoms with van der Waals surface area (Å²) in [4.78, 5) is 28.2. The fraction of sp³-hybridized carbons (Fsp3) is 0.150. The molecule has 0 saturated heterocycles. The molecule has 1 aliphatic rings. The molecule has 9 heteroatoms. The predicted molar refractivity (Wildman–Crippen MR) is 108 cm³/mol. The van der Waals surface area contributed by atoms with Crippen LogP contribution in [0.3, 0.4) is 0 Å². The number of Topliss-reactive ketones (excluding diaryl/α,β-unsaturated/α-hetero) is 1. The van der Waals surface area contributed by atoms with Crippen molar-refractivity contribution in [2.24, 2.45) is 0 Å². The third kappa shape index (κ3) is 3.55. The first kappa shape index (κ1) is 18.6. The van der Waals surface area contributed by atoms with E-state index in [9.17, 15) is 14.0 Å². The highest BCUT2D eigenvalue weighted by Crippen LogP contribution is 2.38. The molecule has 1 aliphatic heterocycles.